The number of phenols is 2. The smallest absolute Gasteiger partial charge is 0.162 e. The van der Waals surface area contributed by atoms with Gasteiger partial charge in [-0.2, -0.15) is 5.26 Å². The van der Waals surface area contributed by atoms with E-state index in [1.54, 1.807) is 30.3 Å². The molecule has 3 atom stereocenters. The molecule has 0 radical (unpaired) electrons. The quantitative estimate of drug-likeness (QED) is 0.474. The van der Waals surface area contributed by atoms with Crippen LogP contribution in [0.25, 0.3) is 0 Å². The van der Waals surface area contributed by atoms with Gasteiger partial charge < -0.3 is 34.6 Å². The van der Waals surface area contributed by atoms with Gasteiger partial charge in [0.2, 0.25) is 0 Å². The van der Waals surface area contributed by atoms with E-state index in [9.17, 15) is 20.4 Å². The van der Waals surface area contributed by atoms with Gasteiger partial charge in [0.25, 0.3) is 0 Å². The Morgan fingerprint density at radius 1 is 1.09 bits per heavy atom. The predicted molar refractivity (Wildman–Crippen MR) is 110 cm³/mol. The summed E-state index contributed by atoms with van der Waals surface area (Å²) in [6.45, 7) is 0.104. The lowest BCUT2D eigenvalue weighted by molar-refractivity contribution is -0.0711. The monoisotopic (exact) mass is 436 g/mol. The summed E-state index contributed by atoms with van der Waals surface area (Å²) in [5.41, 5.74) is 1.52. The number of methoxy groups -OCH3 is 1. The van der Waals surface area contributed by atoms with Gasteiger partial charge in [-0.1, -0.05) is 6.07 Å². The summed E-state index contributed by atoms with van der Waals surface area (Å²) in [6.07, 6.45) is -2.37. The highest BCUT2D eigenvalue weighted by molar-refractivity contribution is 5.53. The number of pyridine rings is 1. The Labute approximate surface area is 183 Å². The number of aliphatic hydroxyl groups excluding tert-OH is 2. The number of aliphatic hydroxyl groups is 2. The van der Waals surface area contributed by atoms with Crippen LogP contribution in [0.3, 0.4) is 0 Å². The molecule has 32 heavy (non-hydrogen) atoms. The molecule has 9 heteroatoms. The first kappa shape index (κ1) is 21.2. The van der Waals surface area contributed by atoms with E-state index in [-0.39, 0.29) is 29.4 Å². The van der Waals surface area contributed by atoms with Crippen LogP contribution >= 0.6 is 0 Å². The molecule has 0 fully saturated rings. The Hall–Kier alpha value is -4.00. The summed E-state index contributed by atoms with van der Waals surface area (Å²) in [5.74, 6) is 0.233. The lowest BCUT2D eigenvalue weighted by Gasteiger charge is -2.35. The number of aromatic nitrogens is 1. The molecule has 1 aliphatic heterocycles. The Morgan fingerprint density at radius 3 is 2.59 bits per heavy atom. The zero-order chi connectivity index (χ0) is 22.8. The fourth-order valence-electron chi connectivity index (χ4n) is 3.51. The van der Waals surface area contributed by atoms with Gasteiger partial charge in [0.05, 0.1) is 23.9 Å². The van der Waals surface area contributed by atoms with Gasteiger partial charge >= 0.3 is 0 Å². The highest BCUT2D eigenvalue weighted by Gasteiger charge is 2.39. The Kier molecular flexibility index (Phi) is 5.73. The van der Waals surface area contributed by atoms with Crippen molar-refractivity contribution < 1.29 is 34.6 Å². The van der Waals surface area contributed by atoms with E-state index in [0.717, 1.165) is 6.07 Å². The van der Waals surface area contributed by atoms with Crippen molar-refractivity contribution in [3.05, 3.63) is 71.0 Å². The minimum Gasteiger partial charge on any atom is -0.508 e. The number of rotatable bonds is 5. The lowest BCUT2D eigenvalue weighted by atomic mass is 9.91. The van der Waals surface area contributed by atoms with Crippen LogP contribution < -0.4 is 14.2 Å². The summed E-state index contributed by atoms with van der Waals surface area (Å²) in [5, 5.41) is 49.9. The molecule has 0 spiro atoms. The first-order valence-corrected chi connectivity index (χ1v) is 9.65. The summed E-state index contributed by atoms with van der Waals surface area (Å²) in [6, 6.07) is 12.5. The van der Waals surface area contributed by atoms with Crippen LogP contribution in [0.2, 0.25) is 0 Å². The molecule has 164 valence electrons. The molecule has 9 nitrogen and oxygen atoms in total. The van der Waals surface area contributed by atoms with Gasteiger partial charge in [-0.3, -0.25) is 4.98 Å². The molecular formula is C23H20N2O7. The van der Waals surface area contributed by atoms with Crippen LogP contribution in [-0.4, -0.2) is 38.6 Å². The molecule has 1 aromatic heterocycles. The van der Waals surface area contributed by atoms with E-state index in [1.807, 2.05) is 6.07 Å². The normalized spacial score (nSPS) is 19.4. The Bertz CT molecular complexity index is 1170. The van der Waals surface area contributed by atoms with E-state index in [0.29, 0.717) is 28.3 Å². The van der Waals surface area contributed by atoms with E-state index in [1.165, 1.54) is 19.4 Å². The average Bonchev–Trinajstić information content (AvgIpc) is 2.79. The number of hydrogen-bond donors (Lipinski definition) is 4. The summed E-state index contributed by atoms with van der Waals surface area (Å²) in [4.78, 5) is 4.16. The third-order valence-electron chi connectivity index (χ3n) is 5.13. The lowest BCUT2D eigenvalue weighted by Crippen LogP contribution is -2.34. The SMILES string of the molecule is COc1ccc(C2Oc3cc(O)cc(O)c3C(O)C2O)cc1OCc1ccc(C#N)cn1. The molecule has 2 heterocycles. The fraction of sp³-hybridized carbons (Fsp3) is 0.217. The van der Waals surface area contributed by atoms with Crippen LogP contribution in [-0.2, 0) is 6.61 Å². The molecule has 4 N–H and O–H groups in total. The van der Waals surface area contributed by atoms with E-state index >= 15 is 0 Å². The largest absolute Gasteiger partial charge is 0.508 e. The molecule has 0 bridgehead atoms. The maximum Gasteiger partial charge on any atom is 0.162 e. The molecule has 0 saturated heterocycles. The van der Waals surface area contributed by atoms with Crippen LogP contribution in [0.5, 0.6) is 28.7 Å². The van der Waals surface area contributed by atoms with Crippen molar-refractivity contribution in [3.63, 3.8) is 0 Å². The second-order valence-electron chi connectivity index (χ2n) is 7.20. The predicted octanol–water partition coefficient (Wildman–Crippen LogP) is 2.48. The number of nitriles is 1. The molecule has 3 aromatic rings. The zero-order valence-electron chi connectivity index (χ0n) is 17.0. The van der Waals surface area contributed by atoms with Crippen LogP contribution in [0.1, 0.15) is 34.6 Å². The van der Waals surface area contributed by atoms with Crippen molar-refractivity contribution in [3.8, 4) is 34.8 Å². The number of fused-ring (bicyclic) bond motifs is 1. The van der Waals surface area contributed by atoms with Crippen LogP contribution in [0.4, 0.5) is 0 Å². The molecule has 3 unspecified atom stereocenters. The second kappa shape index (κ2) is 8.63. The van der Waals surface area contributed by atoms with Crippen molar-refractivity contribution in [2.24, 2.45) is 0 Å². The maximum absolute atomic E-state index is 10.6. The number of aromatic hydroxyl groups is 2. The van der Waals surface area contributed by atoms with Gasteiger partial charge in [-0.05, 0) is 29.8 Å². The summed E-state index contributed by atoms with van der Waals surface area (Å²) < 4.78 is 17.0. The number of nitrogens with zero attached hydrogens (tertiary/aromatic N) is 2. The van der Waals surface area contributed by atoms with Gasteiger partial charge in [0, 0.05) is 18.3 Å². The number of ether oxygens (including phenoxy) is 3. The van der Waals surface area contributed by atoms with Gasteiger partial charge in [-0.25, -0.2) is 0 Å². The van der Waals surface area contributed by atoms with Gasteiger partial charge in [0.1, 0.15) is 42.1 Å². The number of benzene rings is 2. The molecule has 1 aliphatic rings. The molecule has 0 amide bonds. The Morgan fingerprint density at radius 2 is 1.91 bits per heavy atom. The zero-order valence-corrected chi connectivity index (χ0v) is 17.0. The van der Waals surface area contributed by atoms with Gasteiger partial charge in [0.15, 0.2) is 17.6 Å². The topological polar surface area (TPSA) is 145 Å². The van der Waals surface area contributed by atoms with E-state index < -0.39 is 18.3 Å². The van der Waals surface area contributed by atoms with Crippen molar-refractivity contribution in [1.29, 1.82) is 5.26 Å². The highest BCUT2D eigenvalue weighted by Crippen LogP contribution is 2.47. The van der Waals surface area contributed by atoms with E-state index in [4.69, 9.17) is 19.5 Å². The van der Waals surface area contributed by atoms with Crippen molar-refractivity contribution in [2.45, 2.75) is 24.9 Å². The minimum absolute atomic E-state index is 0.00317. The third kappa shape index (κ3) is 3.97. The van der Waals surface area contributed by atoms with Gasteiger partial charge in [-0.15, -0.1) is 0 Å². The molecule has 0 saturated carbocycles. The first-order valence-electron chi connectivity index (χ1n) is 9.65. The van der Waals surface area contributed by atoms with Crippen molar-refractivity contribution in [2.75, 3.05) is 7.11 Å². The highest BCUT2D eigenvalue weighted by atomic mass is 16.5. The average molecular weight is 436 g/mol. The van der Waals surface area contributed by atoms with Crippen LogP contribution in [0.15, 0.2) is 48.7 Å². The number of phenolic OH excluding ortho intramolecular Hbond substituents is 2. The standard InChI is InChI=1S/C23H20N2O7/c1-30-17-5-3-13(6-18(17)31-11-14-4-2-12(9-24)10-25-14)23-22(29)21(28)20-16(27)7-15(26)8-19(20)32-23/h2-8,10,21-23,26-29H,11H2,1H3. The molecular weight excluding hydrogens is 416 g/mol. The summed E-state index contributed by atoms with van der Waals surface area (Å²) in [7, 11) is 1.49. The Balaban J connectivity index is 1.61. The molecule has 0 aliphatic carbocycles. The molecule has 4 rings (SSSR count). The number of hydrogen-bond acceptors (Lipinski definition) is 9. The van der Waals surface area contributed by atoms with Crippen molar-refractivity contribution in [1.82, 2.24) is 4.98 Å². The third-order valence-corrected chi connectivity index (χ3v) is 5.13. The van der Waals surface area contributed by atoms with Crippen molar-refractivity contribution >= 4 is 0 Å². The molecule has 2 aromatic carbocycles. The summed E-state index contributed by atoms with van der Waals surface area (Å²) >= 11 is 0. The second-order valence-corrected chi connectivity index (χ2v) is 7.20. The minimum atomic E-state index is -1.43. The van der Waals surface area contributed by atoms with E-state index in [2.05, 4.69) is 4.98 Å². The first-order chi connectivity index (χ1) is 15.4. The fourth-order valence-corrected chi connectivity index (χ4v) is 3.51. The maximum atomic E-state index is 10.6. The van der Waals surface area contributed by atoms with Crippen LogP contribution in [0, 0.1) is 11.3 Å².